The normalized spacial score (nSPS) is 19.9. The second-order valence-electron chi connectivity index (χ2n) is 7.00. The fraction of sp³-hybridized carbons (Fsp3) is 0.381. The maximum Gasteiger partial charge on any atom is 0.279 e. The fourth-order valence-corrected chi connectivity index (χ4v) is 3.59. The minimum atomic E-state index is -0.122. The molecule has 0 spiro atoms. The molecule has 1 fully saturated rings. The number of amides is 1. The predicted molar refractivity (Wildman–Crippen MR) is 101 cm³/mol. The summed E-state index contributed by atoms with van der Waals surface area (Å²) in [5.74, 6) is -0.0535. The van der Waals surface area contributed by atoms with E-state index in [1.807, 2.05) is 36.4 Å². The maximum atomic E-state index is 13.8. The Bertz CT molecular complexity index is 742. The Kier molecular flexibility index (Phi) is 6.36. The van der Waals surface area contributed by atoms with Gasteiger partial charge in [0.05, 0.1) is 0 Å². The number of nitrogens with one attached hydrogen (secondary N) is 3. The minimum absolute atomic E-state index is 0.0680. The molecule has 1 aliphatic heterocycles. The number of aryl methyl sites for hydroxylation is 1. The quantitative estimate of drug-likeness (QED) is 0.684. The molecule has 1 amide bonds. The highest BCUT2D eigenvalue weighted by atomic mass is 19.1. The Labute approximate surface area is 154 Å². The van der Waals surface area contributed by atoms with Crippen LogP contribution < -0.4 is 15.1 Å². The Morgan fingerprint density at radius 3 is 2.27 bits per heavy atom. The Morgan fingerprint density at radius 2 is 1.58 bits per heavy atom. The Hall–Kier alpha value is -2.24. The Morgan fingerprint density at radius 1 is 0.962 bits per heavy atom. The average molecular weight is 357 g/mol. The van der Waals surface area contributed by atoms with E-state index < -0.39 is 0 Å². The van der Waals surface area contributed by atoms with E-state index in [0.29, 0.717) is 6.54 Å². The van der Waals surface area contributed by atoms with Crippen molar-refractivity contribution in [1.82, 2.24) is 0 Å². The summed E-state index contributed by atoms with van der Waals surface area (Å²) in [4.78, 5) is 15.1. The van der Waals surface area contributed by atoms with Gasteiger partial charge in [-0.1, -0.05) is 43.3 Å². The van der Waals surface area contributed by atoms with Crippen LogP contribution in [0.2, 0.25) is 0 Å². The van der Waals surface area contributed by atoms with Crippen LogP contribution in [0.25, 0.3) is 0 Å². The molecule has 0 bridgehead atoms. The zero-order valence-electron chi connectivity index (χ0n) is 15.4. The molecule has 2 aromatic carbocycles. The number of benzene rings is 2. The zero-order chi connectivity index (χ0) is 18.4. The Balaban J connectivity index is 1.46. The monoisotopic (exact) mass is 357 g/mol. The van der Waals surface area contributed by atoms with Crippen molar-refractivity contribution in [2.45, 2.75) is 19.9 Å². The van der Waals surface area contributed by atoms with Gasteiger partial charge in [-0.2, -0.15) is 0 Å². The summed E-state index contributed by atoms with van der Waals surface area (Å²) in [5.41, 5.74) is 2.86. The molecule has 3 N–H and O–H groups in total. The van der Waals surface area contributed by atoms with Crippen molar-refractivity contribution in [3.05, 3.63) is 65.5 Å². The number of piperazine rings is 1. The van der Waals surface area contributed by atoms with E-state index >= 15 is 0 Å². The van der Waals surface area contributed by atoms with Crippen molar-refractivity contribution >= 4 is 11.6 Å². The fourth-order valence-electron chi connectivity index (χ4n) is 3.59. The van der Waals surface area contributed by atoms with Gasteiger partial charge in [0.2, 0.25) is 0 Å². The predicted octanol–water partition coefficient (Wildman–Crippen LogP) is 0.310. The highest BCUT2D eigenvalue weighted by molar-refractivity contribution is 5.92. The number of anilines is 1. The van der Waals surface area contributed by atoms with Crippen LogP contribution in [0.3, 0.4) is 0 Å². The van der Waals surface area contributed by atoms with Crippen molar-refractivity contribution in [3.63, 3.8) is 0 Å². The van der Waals surface area contributed by atoms with Gasteiger partial charge in [0.1, 0.15) is 38.5 Å². The maximum absolute atomic E-state index is 13.8. The summed E-state index contributed by atoms with van der Waals surface area (Å²) < 4.78 is 13.8. The van der Waals surface area contributed by atoms with E-state index in [1.54, 1.807) is 6.07 Å². The number of para-hydroxylation sites is 1. The van der Waals surface area contributed by atoms with E-state index in [2.05, 4.69) is 12.2 Å². The van der Waals surface area contributed by atoms with E-state index in [4.69, 9.17) is 0 Å². The standard InChI is InChI=1S/C21H26FN3O/c1-2-17-7-4-6-10-20(17)23-21(26)16-25-13-11-24(12-14-25)15-18-8-3-5-9-19(18)22/h3-10H,2,11-16H2,1H3,(H,23,26)/p+2. The number of hydrogen-bond acceptors (Lipinski definition) is 1. The molecule has 1 heterocycles. The van der Waals surface area contributed by atoms with E-state index in [1.165, 1.54) is 15.9 Å². The molecule has 0 atom stereocenters. The third kappa shape index (κ3) is 4.90. The van der Waals surface area contributed by atoms with Crippen LogP contribution in [0.15, 0.2) is 48.5 Å². The lowest BCUT2D eigenvalue weighted by Crippen LogP contribution is -3.28. The van der Waals surface area contributed by atoms with Gasteiger partial charge in [0.15, 0.2) is 6.54 Å². The SMILES string of the molecule is CCc1ccccc1NC(=O)C[NH+]1CC[NH+](Cc2ccccc2F)CC1. The van der Waals surface area contributed by atoms with Gasteiger partial charge in [0, 0.05) is 11.3 Å². The van der Waals surface area contributed by atoms with Gasteiger partial charge < -0.3 is 15.1 Å². The molecular weight excluding hydrogens is 329 g/mol. The topological polar surface area (TPSA) is 38.0 Å². The van der Waals surface area contributed by atoms with Crippen molar-refractivity contribution in [2.24, 2.45) is 0 Å². The molecule has 1 saturated heterocycles. The minimum Gasteiger partial charge on any atom is -0.322 e. The number of rotatable bonds is 6. The van der Waals surface area contributed by atoms with Gasteiger partial charge in [-0.05, 0) is 24.1 Å². The molecule has 1 aliphatic rings. The molecule has 4 nitrogen and oxygen atoms in total. The number of hydrogen-bond donors (Lipinski definition) is 3. The van der Waals surface area contributed by atoms with Crippen LogP contribution in [-0.2, 0) is 17.8 Å². The smallest absolute Gasteiger partial charge is 0.279 e. The van der Waals surface area contributed by atoms with Crippen LogP contribution in [0.1, 0.15) is 18.1 Å². The third-order valence-corrected chi connectivity index (χ3v) is 5.15. The van der Waals surface area contributed by atoms with Gasteiger partial charge >= 0.3 is 0 Å². The van der Waals surface area contributed by atoms with Gasteiger partial charge in [-0.25, -0.2) is 4.39 Å². The molecule has 138 valence electrons. The lowest BCUT2D eigenvalue weighted by atomic mass is 10.1. The molecule has 0 aliphatic carbocycles. The first-order chi connectivity index (χ1) is 12.7. The lowest BCUT2D eigenvalue weighted by Gasteiger charge is -2.29. The molecule has 0 radical (unpaired) electrons. The van der Waals surface area contributed by atoms with Gasteiger partial charge in [0.25, 0.3) is 5.91 Å². The molecule has 3 rings (SSSR count). The summed E-state index contributed by atoms with van der Waals surface area (Å²) in [6, 6.07) is 15.0. The second kappa shape index (κ2) is 8.92. The zero-order valence-corrected chi connectivity index (χ0v) is 15.4. The van der Waals surface area contributed by atoms with E-state index in [-0.39, 0.29) is 11.7 Å². The largest absolute Gasteiger partial charge is 0.322 e. The summed E-state index contributed by atoms with van der Waals surface area (Å²) >= 11 is 0. The van der Waals surface area contributed by atoms with Crippen molar-refractivity contribution in [2.75, 3.05) is 38.0 Å². The van der Waals surface area contributed by atoms with Crippen LogP contribution in [0, 0.1) is 5.82 Å². The number of quaternary nitrogens is 2. The van der Waals surface area contributed by atoms with Crippen LogP contribution in [0.5, 0.6) is 0 Å². The molecule has 26 heavy (non-hydrogen) atoms. The summed E-state index contributed by atoms with van der Waals surface area (Å²) in [5, 5.41) is 3.05. The van der Waals surface area contributed by atoms with E-state index in [0.717, 1.165) is 56.0 Å². The van der Waals surface area contributed by atoms with Crippen LogP contribution in [0.4, 0.5) is 10.1 Å². The molecule has 2 aromatic rings. The number of carbonyl (C=O) groups excluding carboxylic acids is 1. The summed E-state index contributed by atoms with van der Waals surface area (Å²) in [7, 11) is 0. The molecule has 5 heteroatoms. The summed E-state index contributed by atoms with van der Waals surface area (Å²) in [6.45, 7) is 7.10. The number of carbonyl (C=O) groups is 1. The van der Waals surface area contributed by atoms with Crippen molar-refractivity contribution < 1.29 is 19.0 Å². The summed E-state index contributed by atoms with van der Waals surface area (Å²) in [6.07, 6.45) is 0.904. The first-order valence-electron chi connectivity index (χ1n) is 9.44. The molecule has 0 saturated carbocycles. The van der Waals surface area contributed by atoms with E-state index in [9.17, 15) is 9.18 Å². The van der Waals surface area contributed by atoms with Crippen molar-refractivity contribution in [1.29, 1.82) is 0 Å². The molecular formula is C21H28FN3O+2. The molecule has 0 aromatic heterocycles. The van der Waals surface area contributed by atoms with Gasteiger partial charge in [-0.15, -0.1) is 0 Å². The average Bonchev–Trinajstić information content (AvgIpc) is 2.65. The number of halogens is 1. The second-order valence-corrected chi connectivity index (χ2v) is 7.00. The highest BCUT2D eigenvalue weighted by Crippen LogP contribution is 2.14. The lowest BCUT2D eigenvalue weighted by molar-refractivity contribution is -1.02. The van der Waals surface area contributed by atoms with Crippen LogP contribution >= 0.6 is 0 Å². The van der Waals surface area contributed by atoms with Crippen molar-refractivity contribution in [3.8, 4) is 0 Å². The molecule has 0 unspecified atom stereocenters. The third-order valence-electron chi connectivity index (χ3n) is 5.15. The van der Waals surface area contributed by atoms with Crippen LogP contribution in [-0.4, -0.2) is 38.6 Å². The first kappa shape index (κ1) is 18.5. The van der Waals surface area contributed by atoms with Gasteiger partial charge in [-0.3, -0.25) is 4.79 Å². The first-order valence-corrected chi connectivity index (χ1v) is 9.44. The highest BCUT2D eigenvalue weighted by Gasteiger charge is 2.25.